The average Bonchev–Trinajstić information content (AvgIpc) is 2.72. The summed E-state index contributed by atoms with van der Waals surface area (Å²) < 4.78 is 24.4. The molecule has 160 valence electrons. The molecule has 0 aromatic heterocycles. The van der Waals surface area contributed by atoms with Gasteiger partial charge in [-0.15, -0.1) is 0 Å². The largest absolute Gasteiger partial charge is 0.330 e. The highest BCUT2D eigenvalue weighted by Gasteiger charge is 2.23. The summed E-state index contributed by atoms with van der Waals surface area (Å²) in [5.74, 6) is 0. The molecule has 0 saturated carbocycles. The fraction of sp³-hybridized carbons (Fsp3) is 0.667. The van der Waals surface area contributed by atoms with Crippen LogP contribution in [0.15, 0.2) is 36.4 Å². The molecule has 4 heteroatoms. The van der Waals surface area contributed by atoms with Crippen molar-refractivity contribution in [3.8, 4) is 0 Å². The zero-order chi connectivity index (χ0) is 20.3. The smallest absolute Gasteiger partial charge is 0.309 e. The lowest BCUT2D eigenvalue weighted by molar-refractivity contribution is 0.197. The fourth-order valence-corrected chi connectivity index (χ4v) is 4.74. The third-order valence-corrected chi connectivity index (χ3v) is 6.75. The molecule has 0 saturated heterocycles. The molecular weight excluding hydrogens is 367 g/mol. The van der Waals surface area contributed by atoms with E-state index in [1.54, 1.807) is 0 Å². The van der Waals surface area contributed by atoms with Crippen LogP contribution in [0.1, 0.15) is 90.0 Å². The molecule has 0 N–H and O–H groups in total. The Balaban J connectivity index is 2.20. The van der Waals surface area contributed by atoms with Crippen LogP contribution in [-0.4, -0.2) is 19.4 Å². The van der Waals surface area contributed by atoms with Gasteiger partial charge < -0.3 is 9.05 Å². The van der Waals surface area contributed by atoms with Crippen LogP contribution in [0.3, 0.4) is 0 Å². The summed E-state index contributed by atoms with van der Waals surface area (Å²) in [6.45, 7) is 5.44. The quantitative estimate of drug-likeness (QED) is 0.181. The van der Waals surface area contributed by atoms with Crippen LogP contribution < -0.4 is 0 Å². The van der Waals surface area contributed by atoms with E-state index in [1.807, 2.05) is 6.07 Å². The van der Waals surface area contributed by atoms with Crippen LogP contribution in [0, 0.1) is 0 Å². The summed E-state index contributed by atoms with van der Waals surface area (Å²) in [5.41, 5.74) is 1.25. The molecule has 0 amide bonds. The van der Waals surface area contributed by atoms with Crippen LogP contribution in [0.4, 0.5) is 0 Å². The summed E-state index contributed by atoms with van der Waals surface area (Å²) in [6.07, 6.45) is 16.9. The minimum Gasteiger partial charge on any atom is -0.309 e. The molecule has 0 bridgehead atoms. The standard InChI is InChI=1S/C24H41O3P/c1-3-5-15-21-26-28(25,27-22-16-6-4-2)23-17-10-8-7-9-12-18-24-19-13-11-14-20-24/h11-14,18-20H,3-10,15-17,21-23H2,1-2H3. The molecular formula is C24H41O3P. The van der Waals surface area contributed by atoms with E-state index in [2.05, 4.69) is 50.3 Å². The van der Waals surface area contributed by atoms with E-state index in [0.717, 1.165) is 64.2 Å². The Bertz CT molecular complexity index is 526. The number of benzene rings is 1. The Morgan fingerprint density at radius 2 is 1.39 bits per heavy atom. The minimum absolute atomic E-state index is 0.559. The molecule has 28 heavy (non-hydrogen) atoms. The van der Waals surface area contributed by atoms with Crippen molar-refractivity contribution < 1.29 is 13.6 Å². The first-order valence-corrected chi connectivity index (χ1v) is 13.0. The van der Waals surface area contributed by atoms with Crippen molar-refractivity contribution >= 4 is 13.7 Å². The SMILES string of the molecule is CCCCCOP(=O)(CCCCCCC=Cc1ccccc1)OCCCCC. The molecule has 0 atom stereocenters. The fourth-order valence-electron chi connectivity index (χ4n) is 2.98. The number of allylic oxidation sites excluding steroid dienone is 1. The van der Waals surface area contributed by atoms with Gasteiger partial charge in [-0.2, -0.15) is 0 Å². The maximum absolute atomic E-state index is 13.0. The molecule has 0 radical (unpaired) electrons. The molecule has 0 aliphatic carbocycles. The second kappa shape index (κ2) is 17.0. The van der Waals surface area contributed by atoms with E-state index in [1.165, 1.54) is 12.0 Å². The molecule has 0 aliphatic heterocycles. The second-order valence-electron chi connectivity index (χ2n) is 7.43. The van der Waals surface area contributed by atoms with Crippen molar-refractivity contribution in [2.75, 3.05) is 19.4 Å². The van der Waals surface area contributed by atoms with Gasteiger partial charge in [-0.25, -0.2) is 0 Å². The van der Waals surface area contributed by atoms with Gasteiger partial charge >= 0.3 is 7.60 Å². The summed E-state index contributed by atoms with van der Waals surface area (Å²) in [7, 11) is -2.92. The number of hydrogen-bond donors (Lipinski definition) is 0. The maximum atomic E-state index is 13.0. The minimum atomic E-state index is -2.92. The lowest BCUT2D eigenvalue weighted by Gasteiger charge is -2.18. The molecule has 3 nitrogen and oxygen atoms in total. The first-order valence-electron chi connectivity index (χ1n) is 11.3. The molecule has 0 heterocycles. The molecule has 0 spiro atoms. The third-order valence-electron chi connectivity index (χ3n) is 4.73. The van der Waals surface area contributed by atoms with Gasteiger partial charge in [0.05, 0.1) is 19.4 Å². The molecule has 1 rings (SSSR count). The highest BCUT2D eigenvalue weighted by molar-refractivity contribution is 7.53. The van der Waals surface area contributed by atoms with E-state index in [-0.39, 0.29) is 0 Å². The monoisotopic (exact) mass is 408 g/mol. The van der Waals surface area contributed by atoms with Gasteiger partial charge in [0.15, 0.2) is 0 Å². The Labute approximate surface area is 173 Å². The normalized spacial score (nSPS) is 12.1. The van der Waals surface area contributed by atoms with Gasteiger partial charge in [-0.05, 0) is 37.7 Å². The van der Waals surface area contributed by atoms with E-state index in [4.69, 9.17) is 9.05 Å². The maximum Gasteiger partial charge on any atom is 0.330 e. The summed E-state index contributed by atoms with van der Waals surface area (Å²) in [4.78, 5) is 0. The van der Waals surface area contributed by atoms with Crippen LogP contribution >= 0.6 is 7.60 Å². The van der Waals surface area contributed by atoms with E-state index in [9.17, 15) is 4.57 Å². The van der Waals surface area contributed by atoms with Crippen molar-refractivity contribution in [1.29, 1.82) is 0 Å². The van der Waals surface area contributed by atoms with Gasteiger partial charge in [0, 0.05) is 0 Å². The number of hydrogen-bond acceptors (Lipinski definition) is 3. The van der Waals surface area contributed by atoms with Crippen molar-refractivity contribution in [3.63, 3.8) is 0 Å². The molecule has 0 aliphatic rings. The zero-order valence-electron chi connectivity index (χ0n) is 18.1. The molecule has 0 unspecified atom stereocenters. The zero-order valence-corrected chi connectivity index (χ0v) is 19.0. The van der Waals surface area contributed by atoms with Gasteiger partial charge in [0.25, 0.3) is 0 Å². The lowest BCUT2D eigenvalue weighted by Crippen LogP contribution is -2.03. The van der Waals surface area contributed by atoms with Crippen LogP contribution in [-0.2, 0) is 13.6 Å². The van der Waals surface area contributed by atoms with Crippen molar-refractivity contribution in [2.45, 2.75) is 84.5 Å². The van der Waals surface area contributed by atoms with Crippen LogP contribution in [0.5, 0.6) is 0 Å². The highest BCUT2D eigenvalue weighted by atomic mass is 31.2. The molecule has 1 aromatic rings. The Morgan fingerprint density at radius 1 is 0.786 bits per heavy atom. The van der Waals surface area contributed by atoms with Gasteiger partial charge in [-0.3, -0.25) is 4.57 Å². The first kappa shape index (κ1) is 25.1. The van der Waals surface area contributed by atoms with Crippen molar-refractivity contribution in [2.24, 2.45) is 0 Å². The second-order valence-corrected chi connectivity index (χ2v) is 9.62. The Kier molecular flexibility index (Phi) is 15.3. The predicted octanol–water partition coefficient (Wildman–Crippen LogP) is 8.26. The highest BCUT2D eigenvalue weighted by Crippen LogP contribution is 2.49. The van der Waals surface area contributed by atoms with Gasteiger partial charge in [0.2, 0.25) is 0 Å². The molecule has 1 aromatic carbocycles. The topological polar surface area (TPSA) is 35.5 Å². The van der Waals surface area contributed by atoms with Gasteiger partial charge in [-0.1, -0.05) is 94.9 Å². The summed E-state index contributed by atoms with van der Waals surface area (Å²) in [5, 5.41) is 0. The predicted molar refractivity (Wildman–Crippen MR) is 122 cm³/mol. The van der Waals surface area contributed by atoms with E-state index < -0.39 is 7.60 Å². The Hall–Kier alpha value is -0.890. The van der Waals surface area contributed by atoms with Crippen molar-refractivity contribution in [3.05, 3.63) is 42.0 Å². The number of rotatable bonds is 18. The average molecular weight is 409 g/mol. The lowest BCUT2D eigenvalue weighted by atomic mass is 10.1. The van der Waals surface area contributed by atoms with Gasteiger partial charge in [0.1, 0.15) is 0 Å². The third kappa shape index (κ3) is 13.3. The van der Waals surface area contributed by atoms with E-state index in [0.29, 0.717) is 19.4 Å². The van der Waals surface area contributed by atoms with Crippen LogP contribution in [0.25, 0.3) is 6.08 Å². The number of unbranched alkanes of at least 4 members (excludes halogenated alkanes) is 8. The summed E-state index contributed by atoms with van der Waals surface area (Å²) in [6, 6.07) is 10.4. The van der Waals surface area contributed by atoms with Crippen LogP contribution in [0.2, 0.25) is 0 Å². The molecule has 0 fully saturated rings. The summed E-state index contributed by atoms with van der Waals surface area (Å²) >= 11 is 0. The first-order chi connectivity index (χ1) is 13.7. The Morgan fingerprint density at radius 3 is 2.00 bits per heavy atom. The van der Waals surface area contributed by atoms with Crippen molar-refractivity contribution in [1.82, 2.24) is 0 Å². The van der Waals surface area contributed by atoms with E-state index >= 15 is 0 Å².